The molecule has 0 bridgehead atoms. The van der Waals surface area contributed by atoms with E-state index < -0.39 is 28.5 Å². The highest BCUT2D eigenvalue weighted by Gasteiger charge is 2.35. The minimum Gasteiger partial charge on any atom is -0.354 e. The normalized spacial score (nSPS) is 11.9. The zero-order chi connectivity index (χ0) is 32.6. The van der Waals surface area contributed by atoms with E-state index in [2.05, 4.69) is 5.32 Å². The Morgan fingerprint density at radius 2 is 1.47 bits per heavy atom. The van der Waals surface area contributed by atoms with Gasteiger partial charge in [-0.2, -0.15) is 0 Å². The van der Waals surface area contributed by atoms with E-state index in [4.69, 9.17) is 34.8 Å². The number of halogens is 3. The highest BCUT2D eigenvalue weighted by molar-refractivity contribution is 7.92. The molecule has 0 radical (unpaired) electrons. The molecule has 1 N–H and O–H groups in total. The Kier molecular flexibility index (Phi) is 11.9. The van der Waals surface area contributed by atoms with Gasteiger partial charge >= 0.3 is 0 Å². The lowest BCUT2D eigenvalue weighted by atomic mass is 10.0. The van der Waals surface area contributed by atoms with Crippen LogP contribution < -0.4 is 9.62 Å². The topological polar surface area (TPSA) is 86.8 Å². The van der Waals surface area contributed by atoms with Gasteiger partial charge in [-0.05, 0) is 60.9 Å². The molecule has 236 valence electrons. The molecule has 45 heavy (non-hydrogen) atoms. The van der Waals surface area contributed by atoms with E-state index in [1.165, 1.54) is 23.1 Å². The molecule has 11 heteroatoms. The van der Waals surface area contributed by atoms with Gasteiger partial charge in [-0.3, -0.25) is 13.9 Å². The molecule has 0 aliphatic heterocycles. The minimum atomic E-state index is -4.26. The van der Waals surface area contributed by atoms with Crippen LogP contribution in [0, 0.1) is 6.92 Å². The number of benzene rings is 4. The molecule has 2 amide bonds. The lowest BCUT2D eigenvalue weighted by Crippen LogP contribution is -2.53. The number of nitrogens with zero attached hydrogens (tertiary/aromatic N) is 2. The molecule has 4 aromatic rings. The van der Waals surface area contributed by atoms with E-state index in [1.54, 1.807) is 55.5 Å². The molecule has 0 aliphatic carbocycles. The number of anilines is 1. The van der Waals surface area contributed by atoms with Gasteiger partial charge in [0.15, 0.2) is 0 Å². The van der Waals surface area contributed by atoms with Gasteiger partial charge in [-0.1, -0.05) is 102 Å². The summed E-state index contributed by atoms with van der Waals surface area (Å²) in [5, 5.41) is 3.84. The number of carbonyl (C=O) groups excluding carboxylic acids is 2. The van der Waals surface area contributed by atoms with Crippen molar-refractivity contribution in [3.8, 4) is 0 Å². The molecule has 0 fully saturated rings. The molecule has 4 rings (SSSR count). The van der Waals surface area contributed by atoms with Crippen LogP contribution in [0.3, 0.4) is 0 Å². The molecule has 0 spiro atoms. The van der Waals surface area contributed by atoms with E-state index in [0.29, 0.717) is 39.2 Å². The Balaban J connectivity index is 1.85. The lowest BCUT2D eigenvalue weighted by Gasteiger charge is -2.34. The van der Waals surface area contributed by atoms with Crippen LogP contribution in [0.1, 0.15) is 30.0 Å². The van der Waals surface area contributed by atoms with Gasteiger partial charge in [0.2, 0.25) is 11.8 Å². The van der Waals surface area contributed by atoms with Crippen LogP contribution >= 0.6 is 34.8 Å². The van der Waals surface area contributed by atoms with Crippen LogP contribution in [0.4, 0.5) is 5.69 Å². The monoisotopic (exact) mass is 685 g/mol. The molecule has 0 saturated heterocycles. The van der Waals surface area contributed by atoms with Crippen LogP contribution in [0.25, 0.3) is 0 Å². The van der Waals surface area contributed by atoms with E-state index in [1.807, 2.05) is 37.3 Å². The summed E-state index contributed by atoms with van der Waals surface area (Å²) in [4.78, 5) is 29.7. The Morgan fingerprint density at radius 3 is 2.09 bits per heavy atom. The molecule has 0 heterocycles. The van der Waals surface area contributed by atoms with Crippen LogP contribution in [0.15, 0.2) is 102 Å². The van der Waals surface area contributed by atoms with Gasteiger partial charge in [0.05, 0.1) is 10.6 Å². The summed E-state index contributed by atoms with van der Waals surface area (Å²) in [5.41, 5.74) is 2.09. The van der Waals surface area contributed by atoms with Crippen molar-refractivity contribution in [1.29, 1.82) is 0 Å². The van der Waals surface area contributed by atoms with Crippen LogP contribution in [0.2, 0.25) is 15.1 Å². The number of sulfonamides is 1. The molecule has 7 nitrogen and oxygen atoms in total. The predicted molar refractivity (Wildman–Crippen MR) is 181 cm³/mol. The van der Waals surface area contributed by atoms with E-state index >= 15 is 0 Å². The zero-order valence-electron chi connectivity index (χ0n) is 24.9. The Morgan fingerprint density at radius 1 is 0.844 bits per heavy atom. The van der Waals surface area contributed by atoms with E-state index in [9.17, 15) is 18.0 Å². The number of amides is 2. The maximum Gasteiger partial charge on any atom is 0.264 e. The number of carbonyl (C=O) groups is 2. The summed E-state index contributed by atoms with van der Waals surface area (Å²) in [6, 6.07) is 26.0. The molecule has 0 aliphatic rings. The van der Waals surface area contributed by atoms with Crippen LogP contribution in [-0.4, -0.2) is 44.3 Å². The van der Waals surface area contributed by atoms with Crippen molar-refractivity contribution >= 4 is 62.3 Å². The van der Waals surface area contributed by atoms with Crippen molar-refractivity contribution in [2.75, 3.05) is 17.4 Å². The van der Waals surface area contributed by atoms with Crippen LogP contribution in [-0.2, 0) is 32.6 Å². The quantitative estimate of drug-likeness (QED) is 0.160. The van der Waals surface area contributed by atoms with Crippen molar-refractivity contribution in [2.45, 2.75) is 44.2 Å². The minimum absolute atomic E-state index is 0.000557. The smallest absolute Gasteiger partial charge is 0.264 e. The first-order valence-corrected chi connectivity index (χ1v) is 17.0. The van der Waals surface area contributed by atoms with Crippen molar-refractivity contribution < 1.29 is 18.0 Å². The lowest BCUT2D eigenvalue weighted by molar-refractivity contribution is -0.140. The molecular formula is C34H34Cl3N3O4S. The number of hydrogen-bond donors (Lipinski definition) is 1. The fourth-order valence-corrected chi connectivity index (χ4v) is 7.03. The van der Waals surface area contributed by atoms with Gasteiger partial charge in [0, 0.05) is 40.1 Å². The first-order chi connectivity index (χ1) is 21.5. The highest BCUT2D eigenvalue weighted by atomic mass is 35.5. The number of aryl methyl sites for hydroxylation is 1. The Labute approximate surface area is 279 Å². The number of hydrogen-bond acceptors (Lipinski definition) is 4. The SMILES string of the molecule is CCCNC(=O)C(Cc1ccccc1)N(Cc1c(Cl)cccc1Cl)C(=O)CN(c1cc(Cl)ccc1C)S(=O)(=O)c1ccccc1. The molecular weight excluding hydrogens is 653 g/mol. The van der Waals surface area contributed by atoms with E-state index in [0.717, 1.165) is 9.87 Å². The van der Waals surface area contributed by atoms with E-state index in [-0.39, 0.29) is 29.5 Å². The van der Waals surface area contributed by atoms with Crippen LogP contribution in [0.5, 0.6) is 0 Å². The predicted octanol–water partition coefficient (Wildman–Crippen LogP) is 7.32. The summed E-state index contributed by atoms with van der Waals surface area (Å²) >= 11 is 19.4. The third-order valence-electron chi connectivity index (χ3n) is 7.26. The summed E-state index contributed by atoms with van der Waals surface area (Å²) in [7, 11) is -4.26. The second kappa shape index (κ2) is 15.6. The molecule has 4 aromatic carbocycles. The second-order valence-corrected chi connectivity index (χ2v) is 13.6. The van der Waals surface area contributed by atoms with Crippen molar-refractivity contribution in [3.05, 3.63) is 129 Å². The molecule has 1 atom stereocenters. The summed E-state index contributed by atoms with van der Waals surface area (Å²) in [6.45, 7) is 3.31. The highest BCUT2D eigenvalue weighted by Crippen LogP contribution is 2.31. The third-order valence-corrected chi connectivity index (χ3v) is 9.98. The number of rotatable bonds is 13. The van der Waals surface area contributed by atoms with Gasteiger partial charge in [-0.15, -0.1) is 0 Å². The zero-order valence-corrected chi connectivity index (χ0v) is 28.0. The average Bonchev–Trinajstić information content (AvgIpc) is 3.03. The first-order valence-electron chi connectivity index (χ1n) is 14.4. The Hall–Kier alpha value is -3.56. The third kappa shape index (κ3) is 8.58. The van der Waals surface area contributed by atoms with Gasteiger partial charge in [-0.25, -0.2) is 8.42 Å². The molecule has 0 aromatic heterocycles. The van der Waals surface area contributed by atoms with Crippen molar-refractivity contribution in [3.63, 3.8) is 0 Å². The largest absolute Gasteiger partial charge is 0.354 e. The fourth-order valence-electron chi connectivity index (χ4n) is 4.86. The van der Waals surface area contributed by atoms with Crippen molar-refractivity contribution in [2.24, 2.45) is 0 Å². The average molecular weight is 687 g/mol. The van der Waals surface area contributed by atoms with Gasteiger partial charge < -0.3 is 10.2 Å². The summed E-state index contributed by atoms with van der Waals surface area (Å²) in [6.07, 6.45) is 0.858. The molecule has 0 saturated carbocycles. The maximum absolute atomic E-state index is 14.6. The number of nitrogens with one attached hydrogen (secondary N) is 1. The van der Waals surface area contributed by atoms with Crippen molar-refractivity contribution in [1.82, 2.24) is 10.2 Å². The first kappa shape index (κ1) is 34.3. The van der Waals surface area contributed by atoms with Gasteiger partial charge in [0.1, 0.15) is 12.6 Å². The molecule has 1 unspecified atom stereocenters. The fraction of sp³-hybridized carbons (Fsp3) is 0.235. The van der Waals surface area contributed by atoms with Gasteiger partial charge in [0.25, 0.3) is 10.0 Å². The maximum atomic E-state index is 14.6. The summed E-state index contributed by atoms with van der Waals surface area (Å²) in [5.74, 6) is -1.01. The Bertz CT molecular complexity index is 1720. The summed E-state index contributed by atoms with van der Waals surface area (Å²) < 4.78 is 29.3. The standard InChI is InChI=1S/C34H34Cl3N3O4S/c1-3-19-38-34(42)32(20-25-11-6-4-7-12-25)39(22-28-29(36)15-10-16-30(28)37)33(41)23-40(31-21-26(35)18-17-24(31)2)45(43,44)27-13-8-5-9-14-27/h4-18,21,32H,3,19-20,22-23H2,1-2H3,(H,38,42). The second-order valence-electron chi connectivity index (χ2n) is 10.5.